The molecule has 4 nitrogen and oxygen atoms in total. The third-order valence-electron chi connectivity index (χ3n) is 3.82. The fourth-order valence-electron chi connectivity index (χ4n) is 2.69. The van der Waals surface area contributed by atoms with E-state index < -0.39 is 0 Å². The van der Waals surface area contributed by atoms with Gasteiger partial charge in [-0.15, -0.1) is 0 Å². The molecule has 0 aliphatic carbocycles. The summed E-state index contributed by atoms with van der Waals surface area (Å²) in [5.74, 6) is 0.762. The van der Waals surface area contributed by atoms with Crippen LogP contribution in [0.15, 0.2) is 18.2 Å². The number of rotatable bonds is 7. The van der Waals surface area contributed by atoms with Crippen molar-refractivity contribution in [3.63, 3.8) is 0 Å². The second-order valence-corrected chi connectivity index (χ2v) is 6.43. The Kier molecular flexibility index (Phi) is 7.47. The summed E-state index contributed by atoms with van der Waals surface area (Å²) in [7, 11) is 0. The molecule has 2 rings (SSSR count). The van der Waals surface area contributed by atoms with Crippen LogP contribution >= 0.6 is 23.2 Å². The molecule has 1 heterocycles. The predicted molar refractivity (Wildman–Crippen MR) is 92.4 cm³/mol. The van der Waals surface area contributed by atoms with Crippen LogP contribution in [0.5, 0.6) is 5.75 Å². The third kappa shape index (κ3) is 5.87. The lowest BCUT2D eigenvalue weighted by atomic mass is 10.1. The van der Waals surface area contributed by atoms with E-state index in [-0.39, 0.29) is 12.0 Å². The molecule has 1 amide bonds. The molecule has 1 atom stereocenters. The summed E-state index contributed by atoms with van der Waals surface area (Å²) in [6.45, 7) is 4.67. The highest BCUT2D eigenvalue weighted by Gasteiger charge is 2.23. The summed E-state index contributed by atoms with van der Waals surface area (Å²) in [5, 5.41) is 1.06. The Balaban J connectivity index is 1.70. The summed E-state index contributed by atoms with van der Waals surface area (Å²) in [6.07, 6.45) is 3.36. The first-order chi connectivity index (χ1) is 11.1. The summed E-state index contributed by atoms with van der Waals surface area (Å²) < 4.78 is 11.2. The van der Waals surface area contributed by atoms with Gasteiger partial charge in [0.25, 0.3) is 0 Å². The summed E-state index contributed by atoms with van der Waals surface area (Å²) >= 11 is 11.9. The molecule has 1 unspecified atom stereocenters. The minimum Gasteiger partial charge on any atom is -0.492 e. The molecule has 1 aliphatic heterocycles. The Hall–Kier alpha value is -0.970. The molecule has 0 N–H and O–H groups in total. The van der Waals surface area contributed by atoms with Crippen molar-refractivity contribution in [1.82, 2.24) is 4.90 Å². The fraction of sp³-hybridized carbons (Fsp3) is 0.588. The first-order valence-electron chi connectivity index (χ1n) is 8.07. The van der Waals surface area contributed by atoms with Crippen LogP contribution in [0.3, 0.4) is 0 Å². The number of carbonyl (C=O) groups excluding carboxylic acids is 1. The molecular weight excluding hydrogens is 337 g/mol. The lowest BCUT2D eigenvalue weighted by molar-refractivity contribution is -0.135. The SMILES string of the molecule is CCOC1CCCN(C(=O)CCCOc2ccc(Cl)cc2Cl)C1. The number of ether oxygens (including phenoxy) is 2. The Morgan fingerprint density at radius 3 is 2.96 bits per heavy atom. The smallest absolute Gasteiger partial charge is 0.222 e. The van der Waals surface area contributed by atoms with Gasteiger partial charge in [0.1, 0.15) is 5.75 Å². The van der Waals surface area contributed by atoms with E-state index in [9.17, 15) is 4.79 Å². The van der Waals surface area contributed by atoms with Crippen molar-refractivity contribution in [2.75, 3.05) is 26.3 Å². The zero-order chi connectivity index (χ0) is 16.7. The topological polar surface area (TPSA) is 38.8 Å². The number of hydrogen-bond donors (Lipinski definition) is 0. The highest BCUT2D eigenvalue weighted by atomic mass is 35.5. The molecule has 0 saturated carbocycles. The first kappa shape index (κ1) is 18.4. The van der Waals surface area contributed by atoms with Crippen LogP contribution in [0, 0.1) is 0 Å². The number of benzene rings is 1. The average molecular weight is 360 g/mol. The molecule has 0 bridgehead atoms. The van der Waals surface area contributed by atoms with E-state index in [4.69, 9.17) is 32.7 Å². The van der Waals surface area contributed by atoms with E-state index in [0.29, 0.717) is 48.4 Å². The minimum atomic E-state index is 0.167. The molecule has 1 aromatic rings. The van der Waals surface area contributed by atoms with Crippen molar-refractivity contribution in [2.24, 2.45) is 0 Å². The van der Waals surface area contributed by atoms with Crippen molar-refractivity contribution in [1.29, 1.82) is 0 Å². The molecule has 128 valence electrons. The van der Waals surface area contributed by atoms with Crippen LogP contribution in [-0.2, 0) is 9.53 Å². The van der Waals surface area contributed by atoms with Gasteiger partial charge in [0, 0.05) is 31.1 Å². The average Bonchev–Trinajstić information content (AvgIpc) is 2.53. The number of halogens is 2. The Labute approximate surface area is 147 Å². The van der Waals surface area contributed by atoms with Gasteiger partial charge >= 0.3 is 0 Å². The highest BCUT2D eigenvalue weighted by molar-refractivity contribution is 6.35. The van der Waals surface area contributed by atoms with E-state index >= 15 is 0 Å². The molecular formula is C17H23Cl2NO3. The van der Waals surface area contributed by atoms with Crippen LogP contribution in [0.4, 0.5) is 0 Å². The van der Waals surface area contributed by atoms with Crippen LogP contribution in [0.1, 0.15) is 32.6 Å². The molecule has 0 radical (unpaired) electrons. The quantitative estimate of drug-likeness (QED) is 0.685. The van der Waals surface area contributed by atoms with Crippen molar-refractivity contribution in [2.45, 2.75) is 38.7 Å². The van der Waals surface area contributed by atoms with Crippen LogP contribution < -0.4 is 4.74 Å². The molecule has 0 spiro atoms. The second kappa shape index (κ2) is 9.36. The Morgan fingerprint density at radius 1 is 1.39 bits per heavy atom. The number of amides is 1. The maximum absolute atomic E-state index is 12.2. The van der Waals surface area contributed by atoms with Crippen molar-refractivity contribution >= 4 is 29.1 Å². The van der Waals surface area contributed by atoms with E-state index in [1.165, 1.54) is 0 Å². The van der Waals surface area contributed by atoms with Crippen LogP contribution in [0.25, 0.3) is 0 Å². The first-order valence-corrected chi connectivity index (χ1v) is 8.83. The summed E-state index contributed by atoms with van der Waals surface area (Å²) in [5.41, 5.74) is 0. The predicted octanol–water partition coefficient (Wildman–Crippen LogP) is 4.18. The van der Waals surface area contributed by atoms with Crippen molar-refractivity contribution in [3.05, 3.63) is 28.2 Å². The zero-order valence-corrected chi connectivity index (χ0v) is 14.9. The van der Waals surface area contributed by atoms with Gasteiger partial charge in [-0.1, -0.05) is 23.2 Å². The molecule has 6 heteroatoms. The number of nitrogens with zero attached hydrogens (tertiary/aromatic N) is 1. The standard InChI is InChI=1S/C17H23Cl2NO3/c1-2-22-14-5-3-9-20(12-14)17(21)6-4-10-23-16-8-7-13(18)11-15(16)19/h7-8,11,14H,2-6,9-10,12H2,1H3. The van der Waals surface area contributed by atoms with Gasteiger partial charge in [-0.05, 0) is 44.4 Å². The molecule has 23 heavy (non-hydrogen) atoms. The van der Waals surface area contributed by atoms with Gasteiger partial charge in [-0.3, -0.25) is 4.79 Å². The molecule has 1 saturated heterocycles. The van der Waals surface area contributed by atoms with E-state index in [1.54, 1.807) is 18.2 Å². The lowest BCUT2D eigenvalue weighted by Gasteiger charge is -2.32. The molecule has 1 aliphatic rings. The molecule has 1 fully saturated rings. The van der Waals surface area contributed by atoms with Crippen molar-refractivity contribution in [3.8, 4) is 5.75 Å². The Morgan fingerprint density at radius 2 is 2.22 bits per heavy atom. The Bertz CT molecular complexity index is 523. The highest BCUT2D eigenvalue weighted by Crippen LogP contribution is 2.27. The monoisotopic (exact) mass is 359 g/mol. The van der Waals surface area contributed by atoms with Crippen molar-refractivity contribution < 1.29 is 14.3 Å². The van der Waals surface area contributed by atoms with Crippen LogP contribution in [0.2, 0.25) is 10.0 Å². The van der Waals surface area contributed by atoms with Gasteiger partial charge in [0.05, 0.1) is 17.7 Å². The number of likely N-dealkylation sites (tertiary alicyclic amines) is 1. The minimum absolute atomic E-state index is 0.167. The van der Waals surface area contributed by atoms with Gasteiger partial charge in [0.15, 0.2) is 0 Å². The molecule has 1 aromatic carbocycles. The van der Waals surface area contributed by atoms with E-state index in [1.807, 2.05) is 11.8 Å². The number of hydrogen-bond acceptors (Lipinski definition) is 3. The van der Waals surface area contributed by atoms with E-state index in [2.05, 4.69) is 0 Å². The van der Waals surface area contributed by atoms with Gasteiger partial charge in [-0.25, -0.2) is 0 Å². The number of carbonyl (C=O) groups is 1. The van der Waals surface area contributed by atoms with Gasteiger partial charge in [0.2, 0.25) is 5.91 Å². The number of piperidine rings is 1. The molecule has 0 aromatic heterocycles. The normalized spacial score (nSPS) is 18.0. The summed E-state index contributed by atoms with van der Waals surface area (Å²) in [6, 6.07) is 5.12. The largest absolute Gasteiger partial charge is 0.492 e. The lowest BCUT2D eigenvalue weighted by Crippen LogP contribution is -2.43. The fourth-order valence-corrected chi connectivity index (χ4v) is 3.16. The maximum atomic E-state index is 12.2. The zero-order valence-electron chi connectivity index (χ0n) is 13.4. The maximum Gasteiger partial charge on any atom is 0.222 e. The van der Waals surface area contributed by atoms with E-state index in [0.717, 1.165) is 19.4 Å². The van der Waals surface area contributed by atoms with Gasteiger partial charge in [-0.2, -0.15) is 0 Å². The third-order valence-corrected chi connectivity index (χ3v) is 4.35. The second-order valence-electron chi connectivity index (χ2n) is 5.59. The summed E-state index contributed by atoms with van der Waals surface area (Å²) in [4.78, 5) is 14.1. The van der Waals surface area contributed by atoms with Crippen LogP contribution in [-0.4, -0.2) is 43.2 Å². The van der Waals surface area contributed by atoms with Gasteiger partial charge < -0.3 is 14.4 Å².